The molecule has 4 heteroatoms. The predicted molar refractivity (Wildman–Crippen MR) is 38.1 cm³/mol. The molecule has 0 aliphatic carbocycles. The van der Waals surface area contributed by atoms with E-state index in [9.17, 15) is 0 Å². The first kappa shape index (κ1) is 6.45. The Bertz CT molecular complexity index is 72.4. The molecule has 1 rings (SSSR count). The molecule has 0 radical (unpaired) electrons. The third kappa shape index (κ3) is 1.40. The van der Waals surface area contributed by atoms with Gasteiger partial charge in [-0.1, -0.05) is 0 Å². The van der Waals surface area contributed by atoms with Gasteiger partial charge in [-0.05, 0) is 0 Å². The van der Waals surface area contributed by atoms with Crippen LogP contribution in [-0.4, -0.2) is 42.1 Å². The van der Waals surface area contributed by atoms with Crippen LogP contribution in [0.2, 0.25) is 0 Å². The van der Waals surface area contributed by atoms with E-state index in [4.69, 9.17) is 5.21 Å². The summed E-state index contributed by atoms with van der Waals surface area (Å²) in [6.45, 7) is 0.825. The number of rotatable bonds is 0. The van der Waals surface area contributed by atoms with Crippen molar-refractivity contribution >= 4 is 19.6 Å². The van der Waals surface area contributed by atoms with Crippen LogP contribution in [-0.2, 0) is 0 Å². The Hall–Kier alpha value is 0.335. The highest BCUT2D eigenvalue weighted by atomic mass is 32.2. The maximum absolute atomic E-state index is 9.00. The Balaban J connectivity index is 2.28. The first-order valence-electron chi connectivity index (χ1n) is 2.84. The lowest BCUT2D eigenvalue weighted by molar-refractivity contribution is -0.0948. The van der Waals surface area contributed by atoms with Crippen molar-refractivity contribution in [1.29, 1.82) is 0 Å². The fourth-order valence-corrected chi connectivity index (χ4v) is 1.71. The Morgan fingerprint density at radius 1 is 1.75 bits per heavy atom. The van der Waals surface area contributed by atoms with E-state index in [0.717, 1.165) is 18.1 Å². The molecule has 46 valence electrons. The Morgan fingerprint density at radius 3 is 2.88 bits per heavy atom. The standard InChI is InChI=1S/C4H10BNOS/c5-4-3-8-2-1-6(4)7/h4,7H,1-3,5H2. The summed E-state index contributed by atoms with van der Waals surface area (Å²) in [5.74, 6) is 2.49. The van der Waals surface area contributed by atoms with Crippen LogP contribution < -0.4 is 0 Å². The molecular formula is C4H10BNOS. The van der Waals surface area contributed by atoms with Gasteiger partial charge in [-0.2, -0.15) is 16.8 Å². The smallest absolute Gasteiger partial charge is 0.128 e. The van der Waals surface area contributed by atoms with Crippen LogP contribution in [0.4, 0.5) is 0 Å². The van der Waals surface area contributed by atoms with Crippen molar-refractivity contribution < 1.29 is 5.21 Å². The quantitative estimate of drug-likeness (QED) is 0.443. The van der Waals surface area contributed by atoms with Gasteiger partial charge in [0.1, 0.15) is 7.85 Å². The number of nitrogens with zero attached hydrogens (tertiary/aromatic N) is 1. The van der Waals surface area contributed by atoms with Crippen LogP contribution in [0, 0.1) is 0 Å². The van der Waals surface area contributed by atoms with Crippen molar-refractivity contribution in [2.24, 2.45) is 0 Å². The minimum Gasteiger partial charge on any atom is -0.314 e. The Kier molecular flexibility index (Phi) is 2.22. The first-order chi connectivity index (χ1) is 3.80. The maximum Gasteiger partial charge on any atom is 0.128 e. The van der Waals surface area contributed by atoms with E-state index < -0.39 is 0 Å². The summed E-state index contributed by atoms with van der Waals surface area (Å²) in [7, 11) is 2.03. The Labute approximate surface area is 54.6 Å². The van der Waals surface area contributed by atoms with E-state index in [1.165, 1.54) is 5.06 Å². The topological polar surface area (TPSA) is 23.5 Å². The molecule has 1 heterocycles. The summed E-state index contributed by atoms with van der Waals surface area (Å²) in [6, 6.07) is 0. The van der Waals surface area contributed by atoms with Crippen LogP contribution in [0.3, 0.4) is 0 Å². The van der Waals surface area contributed by atoms with E-state index in [1.54, 1.807) is 0 Å². The summed E-state index contributed by atoms with van der Waals surface area (Å²) in [4.78, 5) is 0. The van der Waals surface area contributed by atoms with E-state index in [0.29, 0.717) is 5.94 Å². The Morgan fingerprint density at radius 2 is 2.50 bits per heavy atom. The molecule has 0 bridgehead atoms. The van der Waals surface area contributed by atoms with Crippen LogP contribution in [0.5, 0.6) is 0 Å². The molecule has 0 amide bonds. The lowest BCUT2D eigenvalue weighted by Gasteiger charge is -2.26. The van der Waals surface area contributed by atoms with E-state index in [-0.39, 0.29) is 0 Å². The highest BCUT2D eigenvalue weighted by Crippen LogP contribution is 2.10. The first-order valence-corrected chi connectivity index (χ1v) is 3.99. The molecule has 1 N–H and O–H groups in total. The fraction of sp³-hybridized carbons (Fsp3) is 1.00. The average molecular weight is 131 g/mol. The molecule has 0 aromatic heterocycles. The van der Waals surface area contributed by atoms with Gasteiger partial charge >= 0.3 is 0 Å². The molecule has 8 heavy (non-hydrogen) atoms. The SMILES string of the molecule is BC1CSCCN1O. The fourth-order valence-electron chi connectivity index (χ4n) is 0.718. The number of hydrogen-bond donors (Lipinski definition) is 1. The molecule has 1 aliphatic heterocycles. The lowest BCUT2D eigenvalue weighted by Crippen LogP contribution is -2.39. The molecule has 0 aromatic carbocycles. The number of thioether (sulfide) groups is 1. The van der Waals surface area contributed by atoms with Crippen molar-refractivity contribution in [2.45, 2.75) is 5.94 Å². The third-order valence-electron chi connectivity index (χ3n) is 1.33. The molecule has 0 saturated carbocycles. The van der Waals surface area contributed by atoms with Gasteiger partial charge in [0.05, 0.1) is 0 Å². The second-order valence-corrected chi connectivity index (χ2v) is 3.24. The minimum atomic E-state index is 0.355. The van der Waals surface area contributed by atoms with Crippen molar-refractivity contribution in [1.82, 2.24) is 5.06 Å². The molecular weight excluding hydrogens is 121 g/mol. The third-order valence-corrected chi connectivity index (χ3v) is 2.52. The lowest BCUT2D eigenvalue weighted by atomic mass is 9.98. The van der Waals surface area contributed by atoms with Crippen molar-refractivity contribution in [3.63, 3.8) is 0 Å². The molecule has 1 atom stereocenters. The molecule has 2 nitrogen and oxygen atoms in total. The molecule has 0 spiro atoms. The van der Waals surface area contributed by atoms with Gasteiger partial charge in [0.25, 0.3) is 0 Å². The largest absolute Gasteiger partial charge is 0.314 e. The zero-order chi connectivity index (χ0) is 5.98. The van der Waals surface area contributed by atoms with Crippen LogP contribution in [0.1, 0.15) is 0 Å². The normalized spacial score (nSPS) is 32.9. The average Bonchev–Trinajstić information content (AvgIpc) is 1.77. The maximum atomic E-state index is 9.00. The zero-order valence-electron chi connectivity index (χ0n) is 5.00. The van der Waals surface area contributed by atoms with Crippen LogP contribution in [0.15, 0.2) is 0 Å². The zero-order valence-corrected chi connectivity index (χ0v) is 5.82. The van der Waals surface area contributed by atoms with Crippen LogP contribution in [0.25, 0.3) is 0 Å². The van der Waals surface area contributed by atoms with Gasteiger partial charge in [0.2, 0.25) is 0 Å². The number of hydroxylamine groups is 2. The molecule has 1 unspecified atom stereocenters. The monoisotopic (exact) mass is 131 g/mol. The van der Waals surface area contributed by atoms with E-state index in [2.05, 4.69) is 0 Å². The van der Waals surface area contributed by atoms with Gasteiger partial charge in [-0.25, -0.2) is 0 Å². The van der Waals surface area contributed by atoms with Gasteiger partial charge in [0.15, 0.2) is 0 Å². The van der Waals surface area contributed by atoms with Gasteiger partial charge in [-0.15, -0.1) is 0 Å². The summed E-state index contributed by atoms with van der Waals surface area (Å²) >= 11 is 1.91. The summed E-state index contributed by atoms with van der Waals surface area (Å²) in [5.41, 5.74) is 0. The second kappa shape index (κ2) is 2.76. The summed E-state index contributed by atoms with van der Waals surface area (Å²) < 4.78 is 0. The van der Waals surface area contributed by atoms with Crippen LogP contribution >= 0.6 is 11.8 Å². The number of hydrogen-bond acceptors (Lipinski definition) is 3. The van der Waals surface area contributed by atoms with E-state index in [1.807, 2.05) is 19.6 Å². The molecule has 1 saturated heterocycles. The van der Waals surface area contributed by atoms with Crippen molar-refractivity contribution in [2.75, 3.05) is 18.1 Å². The highest BCUT2D eigenvalue weighted by Gasteiger charge is 2.14. The van der Waals surface area contributed by atoms with E-state index >= 15 is 0 Å². The summed E-state index contributed by atoms with van der Waals surface area (Å²) in [5, 5.41) is 10.4. The highest BCUT2D eigenvalue weighted by molar-refractivity contribution is 7.99. The van der Waals surface area contributed by atoms with Crippen molar-refractivity contribution in [3.8, 4) is 0 Å². The minimum absolute atomic E-state index is 0.355. The summed E-state index contributed by atoms with van der Waals surface area (Å²) in [6.07, 6.45) is 0. The van der Waals surface area contributed by atoms with Gasteiger partial charge < -0.3 is 5.21 Å². The van der Waals surface area contributed by atoms with Gasteiger partial charge in [-0.3, -0.25) is 0 Å². The molecule has 1 aliphatic rings. The predicted octanol–water partition coefficient (Wildman–Crippen LogP) is -0.616. The second-order valence-electron chi connectivity index (χ2n) is 2.09. The van der Waals surface area contributed by atoms with Gasteiger partial charge in [0, 0.05) is 24.0 Å². The van der Waals surface area contributed by atoms with Crippen molar-refractivity contribution in [3.05, 3.63) is 0 Å². The molecule has 0 aromatic rings. The molecule has 1 fully saturated rings.